The topological polar surface area (TPSA) is 80.7 Å². The molecule has 12 heteroatoms. The van der Waals surface area contributed by atoms with Crippen molar-refractivity contribution in [2.75, 3.05) is 65.8 Å². The minimum atomic E-state index is -4.21. The molecule has 0 aromatic carbocycles. The van der Waals surface area contributed by atoms with Gasteiger partial charge in [0, 0.05) is 45.5 Å². The molecule has 0 unspecified atom stereocenters. The van der Waals surface area contributed by atoms with E-state index in [-0.39, 0.29) is 12.1 Å². The van der Waals surface area contributed by atoms with Gasteiger partial charge >= 0.3 is 12.2 Å². The van der Waals surface area contributed by atoms with Crippen LogP contribution in [0.4, 0.5) is 41.1 Å². The number of carbonyl (C=O) groups excluding carboxylic acids is 1. The third-order valence-electron chi connectivity index (χ3n) is 6.52. The molecule has 2 saturated heterocycles. The number of fused-ring (bicyclic) bond motifs is 4. The quantitative estimate of drug-likeness (QED) is 0.730. The molecule has 34 heavy (non-hydrogen) atoms. The highest BCUT2D eigenvalue weighted by Gasteiger charge is 2.39. The summed E-state index contributed by atoms with van der Waals surface area (Å²) in [5.74, 6) is 1.67. The van der Waals surface area contributed by atoms with Crippen molar-refractivity contribution in [1.29, 1.82) is 0 Å². The molecular formula is C22H27F3N8O. The van der Waals surface area contributed by atoms with E-state index >= 15 is 0 Å². The van der Waals surface area contributed by atoms with Crippen molar-refractivity contribution >= 4 is 29.2 Å². The second-order valence-electron chi connectivity index (χ2n) is 8.88. The first kappa shape index (κ1) is 22.6. The molecule has 2 bridgehead atoms. The highest BCUT2D eigenvalue weighted by atomic mass is 19.4. The first-order chi connectivity index (χ1) is 16.4. The standard InChI is InChI=1S/C22H27F3N8O/c23-22(24,25)14-30-8-2-10-31(12-11-30)19-5-4-17-20(29-19)33(16-3-1-9-32(17)13-16)21(34)28-18-6-7-26-15-27-18/h4-7,15-16H,1-3,8-14H2,(H,26,27,28,34)/t16-/m0/s1. The van der Waals surface area contributed by atoms with Gasteiger partial charge in [0.25, 0.3) is 0 Å². The zero-order valence-corrected chi connectivity index (χ0v) is 18.7. The molecule has 0 spiro atoms. The molecule has 3 aliphatic rings. The van der Waals surface area contributed by atoms with E-state index in [9.17, 15) is 18.0 Å². The summed E-state index contributed by atoms with van der Waals surface area (Å²) in [6.45, 7) is 2.51. The van der Waals surface area contributed by atoms with E-state index in [0.29, 0.717) is 50.1 Å². The van der Waals surface area contributed by atoms with Crippen molar-refractivity contribution in [3.05, 3.63) is 30.7 Å². The van der Waals surface area contributed by atoms with Gasteiger partial charge in [0.2, 0.25) is 0 Å². The highest BCUT2D eigenvalue weighted by Crippen LogP contribution is 2.39. The summed E-state index contributed by atoms with van der Waals surface area (Å²) in [4.78, 5) is 33.6. The Hall–Kier alpha value is -3.15. The molecule has 182 valence electrons. The van der Waals surface area contributed by atoms with Crippen molar-refractivity contribution in [1.82, 2.24) is 19.9 Å². The van der Waals surface area contributed by atoms with E-state index in [1.54, 1.807) is 17.2 Å². The predicted octanol–water partition coefficient (Wildman–Crippen LogP) is 2.97. The van der Waals surface area contributed by atoms with E-state index < -0.39 is 12.7 Å². The lowest BCUT2D eigenvalue weighted by molar-refractivity contribution is -0.145. The van der Waals surface area contributed by atoms with Gasteiger partial charge in [-0.05, 0) is 37.5 Å². The first-order valence-corrected chi connectivity index (χ1v) is 11.5. The highest BCUT2D eigenvalue weighted by molar-refractivity contribution is 6.04. The molecular weight excluding hydrogens is 449 g/mol. The summed E-state index contributed by atoms with van der Waals surface area (Å²) in [5.41, 5.74) is 0.894. The number of nitrogens with zero attached hydrogens (tertiary/aromatic N) is 7. The normalized spacial score (nSPS) is 21.1. The van der Waals surface area contributed by atoms with Crippen LogP contribution in [0.25, 0.3) is 0 Å². The Morgan fingerprint density at radius 3 is 2.71 bits per heavy atom. The Labute approximate surface area is 195 Å². The van der Waals surface area contributed by atoms with Crippen LogP contribution >= 0.6 is 0 Å². The maximum absolute atomic E-state index is 13.3. The lowest BCUT2D eigenvalue weighted by Gasteiger charge is -2.46. The third-order valence-corrected chi connectivity index (χ3v) is 6.52. The predicted molar refractivity (Wildman–Crippen MR) is 122 cm³/mol. The van der Waals surface area contributed by atoms with Crippen molar-refractivity contribution < 1.29 is 18.0 Å². The minimum Gasteiger partial charge on any atom is -0.366 e. The maximum atomic E-state index is 13.3. The van der Waals surface area contributed by atoms with Gasteiger partial charge in [-0.1, -0.05) is 0 Å². The van der Waals surface area contributed by atoms with Gasteiger partial charge in [0.05, 0.1) is 18.3 Å². The zero-order valence-electron chi connectivity index (χ0n) is 18.7. The number of rotatable bonds is 3. The summed E-state index contributed by atoms with van der Waals surface area (Å²) >= 11 is 0. The molecule has 0 aliphatic carbocycles. The zero-order chi connectivity index (χ0) is 23.7. The fourth-order valence-electron chi connectivity index (χ4n) is 5.00. The van der Waals surface area contributed by atoms with Crippen molar-refractivity contribution in [3.8, 4) is 0 Å². The van der Waals surface area contributed by atoms with Gasteiger partial charge in [0.1, 0.15) is 18.0 Å². The summed E-state index contributed by atoms with van der Waals surface area (Å²) in [6.07, 6.45) is 1.19. The largest absolute Gasteiger partial charge is 0.401 e. The van der Waals surface area contributed by atoms with Gasteiger partial charge in [-0.25, -0.2) is 19.7 Å². The van der Waals surface area contributed by atoms with Gasteiger partial charge in [-0.2, -0.15) is 13.2 Å². The number of anilines is 4. The molecule has 3 aliphatic heterocycles. The molecule has 2 aromatic rings. The van der Waals surface area contributed by atoms with Crippen LogP contribution < -0.4 is 20.0 Å². The smallest absolute Gasteiger partial charge is 0.366 e. The number of urea groups is 1. The Bertz CT molecular complexity index is 1020. The lowest BCUT2D eigenvalue weighted by atomic mass is 10.00. The molecule has 0 radical (unpaired) electrons. The molecule has 2 fully saturated rings. The van der Waals surface area contributed by atoms with E-state index in [1.165, 1.54) is 11.2 Å². The summed E-state index contributed by atoms with van der Waals surface area (Å²) < 4.78 is 38.5. The SMILES string of the molecule is O=C(Nc1ccncn1)N1c2nc(N3CCCN(CC(F)(F)F)CC3)ccc2N2CCC[C@H]1C2. The number of carbonyl (C=O) groups is 1. The number of piperidine rings is 1. The molecule has 1 N–H and O–H groups in total. The van der Waals surface area contributed by atoms with Gasteiger partial charge in [0.15, 0.2) is 5.82 Å². The number of halogens is 3. The molecule has 5 rings (SSSR count). The average Bonchev–Trinajstić information content (AvgIpc) is 3.04. The van der Waals surface area contributed by atoms with Crippen molar-refractivity contribution in [2.45, 2.75) is 31.5 Å². The molecule has 2 amide bonds. The van der Waals surface area contributed by atoms with Crippen LogP contribution in [0.15, 0.2) is 30.7 Å². The summed E-state index contributed by atoms with van der Waals surface area (Å²) in [5, 5.41) is 2.84. The van der Waals surface area contributed by atoms with E-state index in [2.05, 4.69) is 20.2 Å². The number of hydrogen-bond acceptors (Lipinski definition) is 7. The lowest BCUT2D eigenvalue weighted by Crippen LogP contribution is -2.56. The Morgan fingerprint density at radius 1 is 1.06 bits per heavy atom. The number of hydrogen-bond donors (Lipinski definition) is 1. The van der Waals surface area contributed by atoms with Crippen LogP contribution in [-0.4, -0.2) is 83.9 Å². The van der Waals surface area contributed by atoms with E-state index in [1.807, 2.05) is 17.0 Å². The number of amides is 2. The Morgan fingerprint density at radius 2 is 1.91 bits per heavy atom. The van der Waals surface area contributed by atoms with E-state index in [0.717, 1.165) is 31.6 Å². The number of pyridine rings is 1. The van der Waals surface area contributed by atoms with Crippen molar-refractivity contribution in [3.63, 3.8) is 0 Å². The summed E-state index contributed by atoms with van der Waals surface area (Å²) in [6, 6.07) is 5.19. The van der Waals surface area contributed by atoms with Gasteiger partial charge in [-0.15, -0.1) is 0 Å². The second-order valence-corrected chi connectivity index (χ2v) is 8.88. The number of aromatic nitrogens is 3. The Kier molecular flexibility index (Phi) is 6.15. The van der Waals surface area contributed by atoms with Gasteiger partial charge in [-0.3, -0.25) is 15.1 Å². The van der Waals surface area contributed by atoms with Crippen LogP contribution in [0.5, 0.6) is 0 Å². The second kappa shape index (κ2) is 9.24. The minimum absolute atomic E-state index is 0.0164. The van der Waals surface area contributed by atoms with Crippen LogP contribution in [0.1, 0.15) is 19.3 Å². The number of nitrogens with one attached hydrogen (secondary N) is 1. The third kappa shape index (κ3) is 4.86. The number of alkyl halides is 3. The monoisotopic (exact) mass is 476 g/mol. The molecule has 5 heterocycles. The van der Waals surface area contributed by atoms with Crippen LogP contribution in [0.2, 0.25) is 0 Å². The molecule has 1 atom stereocenters. The van der Waals surface area contributed by atoms with Crippen LogP contribution in [0.3, 0.4) is 0 Å². The first-order valence-electron chi connectivity index (χ1n) is 11.5. The summed E-state index contributed by atoms with van der Waals surface area (Å²) in [7, 11) is 0. The fourth-order valence-corrected chi connectivity index (χ4v) is 5.00. The van der Waals surface area contributed by atoms with Crippen LogP contribution in [0, 0.1) is 0 Å². The van der Waals surface area contributed by atoms with E-state index in [4.69, 9.17) is 4.98 Å². The average molecular weight is 477 g/mol. The fraction of sp³-hybridized carbons (Fsp3) is 0.545. The van der Waals surface area contributed by atoms with Gasteiger partial charge < -0.3 is 9.80 Å². The molecule has 0 saturated carbocycles. The molecule has 2 aromatic heterocycles. The molecule has 9 nitrogen and oxygen atoms in total. The Balaban J connectivity index is 1.40. The maximum Gasteiger partial charge on any atom is 0.401 e. The van der Waals surface area contributed by atoms with Crippen molar-refractivity contribution in [2.24, 2.45) is 0 Å². The van der Waals surface area contributed by atoms with Crippen LogP contribution in [-0.2, 0) is 0 Å².